The molecule has 0 saturated carbocycles. The van der Waals surface area contributed by atoms with E-state index in [1.165, 1.54) is 11.0 Å². The molecule has 0 fully saturated rings. The molecule has 1 aliphatic rings. The van der Waals surface area contributed by atoms with Crippen molar-refractivity contribution in [2.75, 3.05) is 24.7 Å². The quantitative estimate of drug-likeness (QED) is 0.513. The molecule has 0 bridgehead atoms. The number of benzene rings is 2. The molecular formula is C24H20ClN3O5. The first-order valence-electron chi connectivity index (χ1n) is 10.2. The third-order valence-electron chi connectivity index (χ3n) is 4.91. The topological polar surface area (TPSA) is 97.8 Å². The van der Waals surface area contributed by atoms with Gasteiger partial charge in [-0.3, -0.25) is 24.3 Å². The van der Waals surface area contributed by atoms with Crippen molar-refractivity contribution >= 4 is 34.9 Å². The molecule has 3 aromatic rings. The van der Waals surface area contributed by atoms with Gasteiger partial charge in [-0.05, 0) is 42.5 Å². The molecule has 2 amide bonds. The van der Waals surface area contributed by atoms with Gasteiger partial charge < -0.3 is 14.8 Å². The molecule has 8 nitrogen and oxygen atoms in total. The zero-order valence-electron chi connectivity index (χ0n) is 17.5. The minimum atomic E-state index is -0.382. The van der Waals surface area contributed by atoms with E-state index in [0.717, 1.165) is 0 Å². The zero-order valence-corrected chi connectivity index (χ0v) is 18.2. The number of nitrogens with zero attached hydrogens (tertiary/aromatic N) is 2. The average Bonchev–Trinajstić information content (AvgIpc) is 2.84. The van der Waals surface area contributed by atoms with Crippen LogP contribution in [0.2, 0.25) is 5.02 Å². The van der Waals surface area contributed by atoms with Gasteiger partial charge in [-0.2, -0.15) is 0 Å². The predicted molar refractivity (Wildman–Crippen MR) is 122 cm³/mol. The molecule has 1 N–H and O–H groups in total. The maximum atomic E-state index is 12.7. The average molecular weight is 466 g/mol. The Hall–Kier alpha value is -3.91. The molecule has 1 aliphatic heterocycles. The molecule has 9 heteroatoms. The summed E-state index contributed by atoms with van der Waals surface area (Å²) < 4.78 is 11.0. The number of aromatic nitrogens is 1. The van der Waals surface area contributed by atoms with Gasteiger partial charge in [-0.25, -0.2) is 0 Å². The number of carbonyl (C=O) groups is 3. The Kier molecular flexibility index (Phi) is 6.85. The van der Waals surface area contributed by atoms with Gasteiger partial charge in [0.15, 0.2) is 19.0 Å². The first-order chi connectivity index (χ1) is 16.0. The van der Waals surface area contributed by atoms with Crippen LogP contribution >= 0.6 is 11.6 Å². The van der Waals surface area contributed by atoms with Gasteiger partial charge in [0, 0.05) is 11.8 Å². The van der Waals surface area contributed by atoms with Crippen molar-refractivity contribution in [2.24, 2.45) is 0 Å². The lowest BCUT2D eigenvalue weighted by molar-refractivity contribution is -0.125. The Morgan fingerprint density at radius 3 is 2.73 bits per heavy atom. The van der Waals surface area contributed by atoms with E-state index in [1.54, 1.807) is 54.7 Å². The molecule has 0 saturated heterocycles. The molecule has 0 aliphatic carbocycles. The summed E-state index contributed by atoms with van der Waals surface area (Å²) in [4.78, 5) is 43.1. The van der Waals surface area contributed by atoms with Gasteiger partial charge in [-0.15, -0.1) is 0 Å². The van der Waals surface area contributed by atoms with Crippen LogP contribution in [0, 0.1) is 0 Å². The van der Waals surface area contributed by atoms with Crippen LogP contribution in [0.25, 0.3) is 0 Å². The number of Topliss-reactive ketones (excluding diaryl/α,β-unsaturated/α-hetero) is 1. The molecule has 1 aromatic heterocycles. The second-order valence-electron chi connectivity index (χ2n) is 7.19. The van der Waals surface area contributed by atoms with Crippen molar-refractivity contribution in [1.29, 1.82) is 0 Å². The molecule has 0 radical (unpaired) electrons. The highest BCUT2D eigenvalue weighted by molar-refractivity contribution is 6.32. The molecule has 2 heterocycles. The number of fused-ring (bicyclic) bond motifs is 1. The van der Waals surface area contributed by atoms with Gasteiger partial charge in [-0.1, -0.05) is 29.8 Å². The van der Waals surface area contributed by atoms with E-state index in [2.05, 4.69) is 10.3 Å². The summed E-state index contributed by atoms with van der Waals surface area (Å²) in [6, 6.07) is 17.0. The maximum absolute atomic E-state index is 12.7. The largest absolute Gasteiger partial charge is 0.484 e. The maximum Gasteiger partial charge on any atom is 0.265 e. The van der Waals surface area contributed by atoms with Crippen molar-refractivity contribution in [2.45, 2.75) is 6.54 Å². The van der Waals surface area contributed by atoms with Crippen LogP contribution in [0.4, 0.5) is 5.69 Å². The monoisotopic (exact) mass is 465 g/mol. The van der Waals surface area contributed by atoms with Crippen molar-refractivity contribution in [3.63, 3.8) is 0 Å². The Bertz CT molecular complexity index is 1190. The van der Waals surface area contributed by atoms with Crippen molar-refractivity contribution < 1.29 is 23.9 Å². The lowest BCUT2D eigenvalue weighted by atomic mass is 10.1. The van der Waals surface area contributed by atoms with Gasteiger partial charge in [0.1, 0.15) is 18.0 Å². The SMILES string of the molecule is O=C(CN1C(=O)COc2ccc(C(=O)COc3ccccc3Cl)cc21)NCc1ccccn1. The van der Waals surface area contributed by atoms with E-state index >= 15 is 0 Å². The molecule has 33 heavy (non-hydrogen) atoms. The summed E-state index contributed by atoms with van der Waals surface area (Å²) in [6.45, 7) is -0.399. The third kappa shape index (κ3) is 5.48. The number of nitrogens with one attached hydrogen (secondary N) is 1. The standard InChI is InChI=1S/C24H20ClN3O5/c25-18-6-1-2-7-21(18)32-14-20(29)16-8-9-22-19(11-16)28(24(31)15-33-22)13-23(30)27-12-17-5-3-4-10-26-17/h1-11H,12-15H2,(H,27,30). The second-order valence-corrected chi connectivity index (χ2v) is 7.60. The predicted octanol–water partition coefficient (Wildman–Crippen LogP) is 3.04. The van der Waals surface area contributed by atoms with E-state index < -0.39 is 0 Å². The Labute approximate surface area is 195 Å². The Balaban J connectivity index is 1.45. The highest BCUT2D eigenvalue weighted by Gasteiger charge is 2.28. The number of para-hydroxylation sites is 1. The first kappa shape index (κ1) is 22.3. The van der Waals surface area contributed by atoms with Crippen molar-refractivity contribution in [1.82, 2.24) is 10.3 Å². The molecule has 0 spiro atoms. The van der Waals surface area contributed by atoms with E-state index in [4.69, 9.17) is 21.1 Å². The van der Waals surface area contributed by atoms with E-state index in [0.29, 0.717) is 33.5 Å². The number of halogens is 1. The Morgan fingerprint density at radius 2 is 1.94 bits per heavy atom. The first-order valence-corrected chi connectivity index (χ1v) is 10.5. The highest BCUT2D eigenvalue weighted by atomic mass is 35.5. The van der Waals surface area contributed by atoms with Crippen LogP contribution in [0.1, 0.15) is 16.1 Å². The smallest absolute Gasteiger partial charge is 0.265 e. The number of ether oxygens (including phenoxy) is 2. The minimum Gasteiger partial charge on any atom is -0.484 e. The number of ketones is 1. The molecular weight excluding hydrogens is 446 g/mol. The number of hydrogen-bond donors (Lipinski definition) is 1. The number of anilines is 1. The summed E-state index contributed by atoms with van der Waals surface area (Å²) in [5.74, 6) is -0.241. The summed E-state index contributed by atoms with van der Waals surface area (Å²) in [6.07, 6.45) is 1.64. The van der Waals surface area contributed by atoms with Crippen LogP contribution in [-0.4, -0.2) is 42.3 Å². The van der Waals surface area contributed by atoms with Crippen molar-refractivity contribution in [3.05, 3.63) is 83.1 Å². The fourth-order valence-corrected chi connectivity index (χ4v) is 3.42. The van der Waals surface area contributed by atoms with Crippen LogP contribution < -0.4 is 19.7 Å². The summed E-state index contributed by atoms with van der Waals surface area (Å²) in [5.41, 5.74) is 1.37. The van der Waals surface area contributed by atoms with Crippen LogP contribution in [0.5, 0.6) is 11.5 Å². The van der Waals surface area contributed by atoms with E-state index in [1.807, 2.05) is 6.07 Å². The van der Waals surface area contributed by atoms with Gasteiger partial charge in [0.05, 0.1) is 22.9 Å². The molecule has 2 aromatic carbocycles. The lowest BCUT2D eigenvalue weighted by Crippen LogP contribution is -2.45. The van der Waals surface area contributed by atoms with Crippen LogP contribution in [0.3, 0.4) is 0 Å². The molecule has 0 unspecified atom stereocenters. The van der Waals surface area contributed by atoms with E-state index in [9.17, 15) is 14.4 Å². The summed E-state index contributed by atoms with van der Waals surface area (Å²) in [5, 5.41) is 3.14. The number of carbonyl (C=O) groups excluding carboxylic acids is 3. The van der Waals surface area contributed by atoms with Crippen LogP contribution in [-0.2, 0) is 16.1 Å². The normalized spacial score (nSPS) is 12.5. The van der Waals surface area contributed by atoms with Gasteiger partial charge >= 0.3 is 0 Å². The minimum absolute atomic E-state index is 0.191. The number of rotatable bonds is 8. The fraction of sp³-hybridized carbons (Fsp3) is 0.167. The highest BCUT2D eigenvalue weighted by Crippen LogP contribution is 2.33. The number of pyridine rings is 1. The Morgan fingerprint density at radius 1 is 1.12 bits per heavy atom. The molecule has 0 atom stereocenters. The molecule has 168 valence electrons. The lowest BCUT2D eigenvalue weighted by Gasteiger charge is -2.29. The fourth-order valence-electron chi connectivity index (χ4n) is 3.23. The van der Waals surface area contributed by atoms with E-state index in [-0.39, 0.29) is 43.9 Å². The summed E-state index contributed by atoms with van der Waals surface area (Å²) >= 11 is 6.06. The zero-order chi connectivity index (χ0) is 23.2. The number of hydrogen-bond acceptors (Lipinski definition) is 6. The van der Waals surface area contributed by atoms with Gasteiger partial charge in [0.2, 0.25) is 5.91 Å². The van der Waals surface area contributed by atoms with Crippen LogP contribution in [0.15, 0.2) is 66.9 Å². The molecule has 4 rings (SSSR count). The van der Waals surface area contributed by atoms with Crippen molar-refractivity contribution in [3.8, 4) is 11.5 Å². The number of amides is 2. The second kappa shape index (κ2) is 10.1. The van der Waals surface area contributed by atoms with Gasteiger partial charge in [0.25, 0.3) is 5.91 Å². The third-order valence-corrected chi connectivity index (χ3v) is 5.23. The summed E-state index contributed by atoms with van der Waals surface area (Å²) in [7, 11) is 0.